The van der Waals surface area contributed by atoms with Crippen molar-refractivity contribution in [2.75, 3.05) is 0 Å². The molecule has 5 nitrogen and oxygen atoms in total. The number of fused-ring (bicyclic) bond motifs is 2. The zero-order valence-corrected chi connectivity index (χ0v) is 10.6. The summed E-state index contributed by atoms with van der Waals surface area (Å²) >= 11 is 3.42. The van der Waals surface area contributed by atoms with Crippen molar-refractivity contribution in [2.45, 2.75) is 6.04 Å². The third kappa shape index (κ3) is 1.39. The first-order valence-corrected chi connectivity index (χ1v) is 5.94. The molecule has 0 aliphatic carbocycles. The highest BCUT2D eigenvalue weighted by molar-refractivity contribution is 9.10. The zero-order valence-electron chi connectivity index (χ0n) is 9.01. The second-order valence-corrected chi connectivity index (χ2v) is 4.66. The minimum absolute atomic E-state index is 0.425. The van der Waals surface area contributed by atoms with E-state index in [4.69, 9.17) is 19.7 Å². The van der Waals surface area contributed by atoms with E-state index in [0.717, 1.165) is 9.86 Å². The van der Waals surface area contributed by atoms with Crippen molar-refractivity contribution in [3.63, 3.8) is 0 Å². The Kier molecular flexibility index (Phi) is 2.42. The monoisotopic (exact) mass is 309 g/mol. The maximum Gasteiger partial charge on any atom is 0.325 e. The summed E-state index contributed by atoms with van der Waals surface area (Å²) in [6.45, 7) is 0. The number of hydrogen-bond donors (Lipinski definition) is 2. The van der Waals surface area contributed by atoms with E-state index in [1.54, 1.807) is 12.1 Å². The molecule has 0 aliphatic rings. The molecule has 0 bridgehead atoms. The number of benzene rings is 1. The second-order valence-electron chi connectivity index (χ2n) is 3.87. The predicted octanol–water partition coefficient (Wildman–Crippen LogP) is 3.03. The topological polar surface area (TPSA) is 89.6 Å². The standard InChI is InChI=1S/C12H8BrNO4/c13-8-6-2-4-17-10(6)7(9(14)12(15)16)5-1-3-18-11(5)8/h1-4,9H,14H2,(H,15,16). The summed E-state index contributed by atoms with van der Waals surface area (Å²) < 4.78 is 11.5. The molecule has 6 heteroatoms. The van der Waals surface area contributed by atoms with Crippen LogP contribution in [0.25, 0.3) is 21.9 Å². The minimum atomic E-state index is -1.16. The van der Waals surface area contributed by atoms with Gasteiger partial charge in [0.1, 0.15) is 17.2 Å². The van der Waals surface area contributed by atoms with Gasteiger partial charge in [0.2, 0.25) is 0 Å². The number of carbonyl (C=O) groups is 1. The number of nitrogens with two attached hydrogens (primary N) is 1. The Bertz CT molecular complexity index is 706. The van der Waals surface area contributed by atoms with Gasteiger partial charge < -0.3 is 19.7 Å². The quantitative estimate of drug-likeness (QED) is 0.759. The highest BCUT2D eigenvalue weighted by Crippen LogP contribution is 2.39. The molecule has 0 spiro atoms. The Hall–Kier alpha value is -1.79. The van der Waals surface area contributed by atoms with E-state index >= 15 is 0 Å². The highest BCUT2D eigenvalue weighted by Gasteiger charge is 2.25. The molecule has 0 amide bonds. The van der Waals surface area contributed by atoms with E-state index in [1.165, 1.54) is 12.5 Å². The summed E-state index contributed by atoms with van der Waals surface area (Å²) in [6, 6.07) is 2.26. The molecule has 92 valence electrons. The summed E-state index contributed by atoms with van der Waals surface area (Å²) in [7, 11) is 0. The second kappa shape index (κ2) is 3.86. The van der Waals surface area contributed by atoms with Gasteiger partial charge in [-0.15, -0.1) is 0 Å². The fourth-order valence-corrected chi connectivity index (χ4v) is 2.68. The van der Waals surface area contributed by atoms with Gasteiger partial charge in [0.15, 0.2) is 0 Å². The lowest BCUT2D eigenvalue weighted by molar-refractivity contribution is -0.138. The van der Waals surface area contributed by atoms with Gasteiger partial charge in [-0.05, 0) is 28.1 Å². The number of carboxylic acid groups (broad SMARTS) is 1. The van der Waals surface area contributed by atoms with Crippen LogP contribution < -0.4 is 5.73 Å². The van der Waals surface area contributed by atoms with Gasteiger partial charge in [-0.2, -0.15) is 0 Å². The Morgan fingerprint density at radius 3 is 2.50 bits per heavy atom. The first-order chi connectivity index (χ1) is 8.61. The highest BCUT2D eigenvalue weighted by atomic mass is 79.9. The lowest BCUT2D eigenvalue weighted by atomic mass is 10.0. The number of halogens is 1. The van der Waals surface area contributed by atoms with Gasteiger partial charge >= 0.3 is 5.97 Å². The molecule has 2 heterocycles. The third-order valence-corrected chi connectivity index (χ3v) is 3.67. The minimum Gasteiger partial charge on any atom is -0.480 e. The lowest BCUT2D eigenvalue weighted by Crippen LogP contribution is -2.21. The van der Waals surface area contributed by atoms with Crippen LogP contribution in [0, 0.1) is 0 Å². The molecule has 3 rings (SSSR count). The van der Waals surface area contributed by atoms with Crippen LogP contribution in [0.3, 0.4) is 0 Å². The third-order valence-electron chi connectivity index (χ3n) is 2.88. The first kappa shape index (κ1) is 11.3. The Morgan fingerprint density at radius 1 is 1.22 bits per heavy atom. The number of carboxylic acids is 1. The van der Waals surface area contributed by atoms with Crippen molar-refractivity contribution < 1.29 is 18.7 Å². The van der Waals surface area contributed by atoms with Crippen molar-refractivity contribution in [3.8, 4) is 0 Å². The van der Waals surface area contributed by atoms with E-state index < -0.39 is 12.0 Å². The molecule has 0 fully saturated rings. The van der Waals surface area contributed by atoms with Crippen LogP contribution in [0.5, 0.6) is 0 Å². The summed E-state index contributed by atoms with van der Waals surface area (Å²) in [5.74, 6) is -1.11. The average Bonchev–Trinajstić information content (AvgIpc) is 2.96. The van der Waals surface area contributed by atoms with E-state index in [0.29, 0.717) is 22.1 Å². The predicted molar refractivity (Wildman–Crippen MR) is 68.3 cm³/mol. The molecule has 1 unspecified atom stereocenters. The lowest BCUT2D eigenvalue weighted by Gasteiger charge is -2.09. The molecule has 0 radical (unpaired) electrons. The van der Waals surface area contributed by atoms with Crippen molar-refractivity contribution >= 4 is 43.8 Å². The molecule has 1 aromatic carbocycles. The van der Waals surface area contributed by atoms with Crippen molar-refractivity contribution in [3.05, 3.63) is 34.7 Å². The molecule has 18 heavy (non-hydrogen) atoms. The van der Waals surface area contributed by atoms with Crippen LogP contribution in [0.4, 0.5) is 0 Å². The molecule has 3 N–H and O–H groups in total. The van der Waals surface area contributed by atoms with Crippen LogP contribution in [0.15, 0.2) is 38.0 Å². The van der Waals surface area contributed by atoms with Gasteiger partial charge in [-0.3, -0.25) is 4.79 Å². The van der Waals surface area contributed by atoms with Crippen LogP contribution >= 0.6 is 15.9 Å². The van der Waals surface area contributed by atoms with Gasteiger partial charge in [-0.25, -0.2) is 0 Å². The molecule has 2 aromatic heterocycles. The fraction of sp³-hybridized carbons (Fsp3) is 0.0833. The van der Waals surface area contributed by atoms with E-state index in [1.807, 2.05) is 0 Å². The molecule has 0 aliphatic heterocycles. The van der Waals surface area contributed by atoms with Crippen LogP contribution in [0.2, 0.25) is 0 Å². The zero-order chi connectivity index (χ0) is 12.9. The molecule has 1 atom stereocenters. The van der Waals surface area contributed by atoms with Crippen LogP contribution in [-0.2, 0) is 4.79 Å². The largest absolute Gasteiger partial charge is 0.480 e. The van der Waals surface area contributed by atoms with E-state index in [9.17, 15) is 4.79 Å². The first-order valence-electron chi connectivity index (χ1n) is 5.15. The van der Waals surface area contributed by atoms with Crippen LogP contribution in [-0.4, -0.2) is 11.1 Å². The fourth-order valence-electron chi connectivity index (χ4n) is 2.06. The molecule has 0 saturated heterocycles. The summed E-state index contributed by atoms with van der Waals surface area (Å²) in [5, 5.41) is 10.5. The maximum atomic E-state index is 11.1. The van der Waals surface area contributed by atoms with E-state index in [2.05, 4.69) is 15.9 Å². The van der Waals surface area contributed by atoms with Gasteiger partial charge in [0, 0.05) is 16.3 Å². The number of furan rings is 2. The van der Waals surface area contributed by atoms with Gasteiger partial charge in [0.25, 0.3) is 0 Å². The van der Waals surface area contributed by atoms with E-state index in [-0.39, 0.29) is 0 Å². The molecule has 3 aromatic rings. The maximum absolute atomic E-state index is 11.1. The van der Waals surface area contributed by atoms with Crippen molar-refractivity contribution in [1.82, 2.24) is 0 Å². The molecular formula is C12H8BrNO4. The van der Waals surface area contributed by atoms with Crippen molar-refractivity contribution in [2.24, 2.45) is 5.73 Å². The van der Waals surface area contributed by atoms with Crippen LogP contribution in [0.1, 0.15) is 11.6 Å². The summed E-state index contributed by atoms with van der Waals surface area (Å²) in [4.78, 5) is 11.1. The Balaban J connectivity index is 2.51. The normalized spacial score (nSPS) is 13.2. The molecule has 0 saturated carbocycles. The van der Waals surface area contributed by atoms with Gasteiger partial charge in [0.05, 0.1) is 17.0 Å². The average molecular weight is 310 g/mol. The smallest absolute Gasteiger partial charge is 0.325 e. The number of aliphatic carboxylic acids is 1. The Morgan fingerprint density at radius 2 is 1.83 bits per heavy atom. The molecular weight excluding hydrogens is 302 g/mol. The number of rotatable bonds is 2. The van der Waals surface area contributed by atoms with Gasteiger partial charge in [-0.1, -0.05) is 0 Å². The van der Waals surface area contributed by atoms with Crippen molar-refractivity contribution in [1.29, 1.82) is 0 Å². The summed E-state index contributed by atoms with van der Waals surface area (Å²) in [6.07, 6.45) is 2.98. The SMILES string of the molecule is NC(C(=O)O)c1c2ccoc2c(Br)c2ccoc12. The Labute approximate surface area is 109 Å². The number of hydrogen-bond acceptors (Lipinski definition) is 4. The summed E-state index contributed by atoms with van der Waals surface area (Å²) in [5.41, 5.74) is 7.18.